The fraction of sp³-hybridized carbons (Fsp3) is 0.333. The average molecular weight is 427 g/mol. The SMILES string of the molecule is N=Cn1nc(N2CCN(C(=O)Cc3ccc(Cl)c(C(F)(F)F)c3)CC2)ccc1=N. The van der Waals surface area contributed by atoms with Crippen LogP contribution in [-0.4, -0.2) is 53.1 Å². The normalized spacial score (nSPS) is 14.8. The summed E-state index contributed by atoms with van der Waals surface area (Å²) >= 11 is 5.62. The van der Waals surface area contributed by atoms with E-state index in [4.69, 9.17) is 22.4 Å². The molecule has 0 radical (unpaired) electrons. The van der Waals surface area contributed by atoms with Gasteiger partial charge in [-0.25, -0.2) is 4.68 Å². The van der Waals surface area contributed by atoms with Gasteiger partial charge in [-0.2, -0.15) is 13.2 Å². The van der Waals surface area contributed by atoms with Crippen molar-refractivity contribution in [2.75, 3.05) is 31.1 Å². The first-order chi connectivity index (χ1) is 13.7. The molecule has 0 bridgehead atoms. The maximum atomic E-state index is 13.0. The summed E-state index contributed by atoms with van der Waals surface area (Å²) in [7, 11) is 0. The molecule has 1 aliphatic rings. The molecule has 0 spiro atoms. The molecule has 1 aromatic heterocycles. The van der Waals surface area contributed by atoms with Gasteiger partial charge in [0, 0.05) is 26.2 Å². The molecule has 29 heavy (non-hydrogen) atoms. The number of anilines is 1. The molecular formula is C18H18ClF3N6O. The number of nitrogens with one attached hydrogen (secondary N) is 2. The van der Waals surface area contributed by atoms with E-state index in [1.54, 1.807) is 11.0 Å². The molecule has 0 saturated carbocycles. The van der Waals surface area contributed by atoms with Crippen LogP contribution >= 0.6 is 11.6 Å². The van der Waals surface area contributed by atoms with Gasteiger partial charge in [-0.15, -0.1) is 5.10 Å². The van der Waals surface area contributed by atoms with Crippen molar-refractivity contribution in [2.45, 2.75) is 12.6 Å². The fourth-order valence-electron chi connectivity index (χ4n) is 3.07. The number of rotatable bonds is 4. The average Bonchev–Trinajstić information content (AvgIpc) is 2.69. The number of halogens is 4. The number of alkyl halides is 3. The van der Waals surface area contributed by atoms with Crippen LogP contribution in [0.2, 0.25) is 5.02 Å². The Labute approximate surface area is 169 Å². The quantitative estimate of drug-likeness (QED) is 0.581. The van der Waals surface area contributed by atoms with Gasteiger partial charge >= 0.3 is 6.18 Å². The highest BCUT2D eigenvalue weighted by molar-refractivity contribution is 6.31. The highest BCUT2D eigenvalue weighted by Gasteiger charge is 2.33. The summed E-state index contributed by atoms with van der Waals surface area (Å²) in [6.07, 6.45) is -3.77. The molecule has 1 amide bonds. The lowest BCUT2D eigenvalue weighted by molar-refractivity contribution is -0.137. The number of carbonyl (C=O) groups excluding carboxylic acids is 1. The minimum atomic E-state index is -4.57. The molecule has 7 nitrogen and oxygen atoms in total. The Kier molecular flexibility index (Phi) is 5.92. The Hall–Kier alpha value is -2.88. The third-order valence-electron chi connectivity index (χ3n) is 4.62. The van der Waals surface area contributed by atoms with E-state index in [0.29, 0.717) is 32.0 Å². The van der Waals surface area contributed by atoms with Crippen LogP contribution in [0.15, 0.2) is 30.3 Å². The molecule has 11 heteroatoms. The first-order valence-electron chi connectivity index (χ1n) is 8.72. The zero-order valence-corrected chi connectivity index (χ0v) is 16.0. The molecular weight excluding hydrogens is 409 g/mol. The largest absolute Gasteiger partial charge is 0.417 e. The second-order valence-corrected chi connectivity index (χ2v) is 6.91. The van der Waals surface area contributed by atoms with Gasteiger partial charge < -0.3 is 9.80 Å². The summed E-state index contributed by atoms with van der Waals surface area (Å²) in [5.74, 6) is 0.327. The van der Waals surface area contributed by atoms with Gasteiger partial charge in [-0.3, -0.25) is 15.6 Å². The maximum Gasteiger partial charge on any atom is 0.417 e. The van der Waals surface area contributed by atoms with Crippen molar-refractivity contribution in [2.24, 2.45) is 0 Å². The van der Waals surface area contributed by atoms with Crippen LogP contribution in [-0.2, 0) is 17.4 Å². The molecule has 2 aromatic rings. The topological polar surface area (TPSA) is 89.1 Å². The predicted octanol–water partition coefficient (Wildman–Crippen LogP) is 2.38. The lowest BCUT2D eigenvalue weighted by Crippen LogP contribution is -2.49. The zero-order valence-electron chi connectivity index (χ0n) is 15.2. The van der Waals surface area contributed by atoms with E-state index >= 15 is 0 Å². The number of benzene rings is 1. The molecule has 3 rings (SSSR count). The molecule has 154 valence electrons. The van der Waals surface area contributed by atoms with E-state index in [0.717, 1.165) is 23.2 Å². The molecule has 1 aromatic carbocycles. The third-order valence-corrected chi connectivity index (χ3v) is 4.95. The van der Waals surface area contributed by atoms with Crippen molar-refractivity contribution >= 4 is 29.7 Å². The van der Waals surface area contributed by atoms with Crippen molar-refractivity contribution in [3.05, 3.63) is 52.0 Å². The van der Waals surface area contributed by atoms with Crippen molar-refractivity contribution in [3.8, 4) is 0 Å². The van der Waals surface area contributed by atoms with E-state index in [1.807, 2.05) is 4.90 Å². The number of hydrogen-bond donors (Lipinski definition) is 2. The first kappa shape index (κ1) is 20.8. The Morgan fingerprint density at radius 2 is 1.86 bits per heavy atom. The minimum Gasteiger partial charge on any atom is -0.352 e. The van der Waals surface area contributed by atoms with E-state index in [2.05, 4.69) is 5.10 Å². The fourth-order valence-corrected chi connectivity index (χ4v) is 3.29. The van der Waals surface area contributed by atoms with Crippen LogP contribution < -0.4 is 10.4 Å². The second-order valence-electron chi connectivity index (χ2n) is 6.51. The van der Waals surface area contributed by atoms with Gasteiger partial charge in [0.15, 0.2) is 0 Å². The zero-order chi connectivity index (χ0) is 21.2. The number of nitrogens with zero attached hydrogens (tertiary/aromatic N) is 4. The van der Waals surface area contributed by atoms with Crippen molar-refractivity contribution < 1.29 is 18.0 Å². The third kappa shape index (κ3) is 4.76. The Morgan fingerprint density at radius 1 is 1.17 bits per heavy atom. The summed E-state index contributed by atoms with van der Waals surface area (Å²) in [6, 6.07) is 6.70. The molecule has 0 aliphatic carbocycles. The van der Waals surface area contributed by atoms with Crippen molar-refractivity contribution in [3.63, 3.8) is 0 Å². The molecule has 0 atom stereocenters. The molecule has 1 fully saturated rings. The van der Waals surface area contributed by atoms with Gasteiger partial charge in [-0.05, 0) is 29.8 Å². The molecule has 0 unspecified atom stereocenters. The number of amides is 1. The number of aromatic nitrogens is 2. The summed E-state index contributed by atoms with van der Waals surface area (Å²) < 4.78 is 40.1. The van der Waals surface area contributed by atoms with Gasteiger partial charge in [0.2, 0.25) is 5.91 Å². The Morgan fingerprint density at radius 3 is 2.48 bits per heavy atom. The summed E-state index contributed by atoms with van der Waals surface area (Å²) in [4.78, 5) is 16.0. The minimum absolute atomic E-state index is 0.0822. The predicted molar refractivity (Wildman–Crippen MR) is 101 cm³/mol. The number of carbonyl (C=O) groups is 1. The van der Waals surface area contributed by atoms with E-state index in [1.165, 1.54) is 12.1 Å². The monoisotopic (exact) mass is 426 g/mol. The van der Waals surface area contributed by atoms with E-state index < -0.39 is 16.8 Å². The van der Waals surface area contributed by atoms with Crippen LogP contribution in [0, 0.1) is 10.8 Å². The van der Waals surface area contributed by atoms with Gasteiger partial charge in [-0.1, -0.05) is 17.7 Å². The second kappa shape index (κ2) is 8.24. The smallest absolute Gasteiger partial charge is 0.352 e. The van der Waals surface area contributed by atoms with Crippen LogP contribution in [0.1, 0.15) is 11.1 Å². The summed E-state index contributed by atoms with van der Waals surface area (Å²) in [6.45, 7) is 1.77. The molecule has 2 N–H and O–H groups in total. The lowest BCUT2D eigenvalue weighted by Gasteiger charge is -2.35. The van der Waals surface area contributed by atoms with Crippen molar-refractivity contribution in [1.82, 2.24) is 14.7 Å². The lowest BCUT2D eigenvalue weighted by atomic mass is 10.1. The van der Waals surface area contributed by atoms with Crippen LogP contribution in [0.25, 0.3) is 0 Å². The van der Waals surface area contributed by atoms with Gasteiger partial charge in [0.1, 0.15) is 17.6 Å². The highest BCUT2D eigenvalue weighted by Crippen LogP contribution is 2.35. The Bertz CT molecular complexity index is 982. The van der Waals surface area contributed by atoms with Crippen LogP contribution in [0.5, 0.6) is 0 Å². The van der Waals surface area contributed by atoms with Gasteiger partial charge in [0.25, 0.3) is 0 Å². The number of piperazine rings is 1. The van der Waals surface area contributed by atoms with Gasteiger partial charge in [0.05, 0.1) is 17.0 Å². The van der Waals surface area contributed by atoms with Crippen LogP contribution in [0.4, 0.5) is 19.0 Å². The molecule has 1 saturated heterocycles. The van der Waals surface area contributed by atoms with Crippen LogP contribution in [0.3, 0.4) is 0 Å². The highest BCUT2D eigenvalue weighted by atomic mass is 35.5. The van der Waals surface area contributed by atoms with Crippen molar-refractivity contribution in [1.29, 1.82) is 10.8 Å². The maximum absolute atomic E-state index is 13.0. The number of hydrogen-bond acceptors (Lipinski definition) is 5. The Balaban J connectivity index is 1.63. The summed E-state index contributed by atoms with van der Waals surface area (Å²) in [5.41, 5.74) is -0.606. The first-order valence-corrected chi connectivity index (χ1v) is 9.10. The van der Waals surface area contributed by atoms with E-state index in [-0.39, 0.29) is 23.4 Å². The molecule has 1 aliphatic heterocycles. The van der Waals surface area contributed by atoms with E-state index in [9.17, 15) is 18.0 Å². The standard InChI is InChI=1S/C18H18ClF3N6O/c19-14-2-1-12(9-13(14)18(20,21)22)10-17(29)27-7-5-26(6-8-27)16-4-3-15(24)28(11-23)25-16/h1-4,9,11,23-24H,5-8,10H2. The molecule has 2 heterocycles. The summed E-state index contributed by atoms with van der Waals surface area (Å²) in [5, 5.41) is 18.7.